The van der Waals surface area contributed by atoms with E-state index < -0.39 is 0 Å². The highest BCUT2D eigenvalue weighted by atomic mass is 32.1. The molecule has 0 bridgehead atoms. The molecular formula is C22H23FN4O2S. The molecule has 3 aromatic rings. The van der Waals surface area contributed by atoms with Crippen molar-refractivity contribution >= 4 is 17.2 Å². The molecule has 1 unspecified atom stereocenters. The summed E-state index contributed by atoms with van der Waals surface area (Å²) in [6.45, 7) is 1.97. The summed E-state index contributed by atoms with van der Waals surface area (Å²) in [5, 5.41) is 12.2. The largest absolute Gasteiger partial charge is 0.497 e. The van der Waals surface area contributed by atoms with Gasteiger partial charge in [-0.25, -0.2) is 4.39 Å². The molecule has 6 nitrogen and oxygen atoms in total. The molecule has 1 N–H and O–H groups in total. The Balaban J connectivity index is 1.36. The van der Waals surface area contributed by atoms with Gasteiger partial charge in [-0.15, -0.1) is 10.2 Å². The van der Waals surface area contributed by atoms with Gasteiger partial charge in [0.2, 0.25) is 5.01 Å². The number of rotatable bonds is 7. The Morgan fingerprint density at radius 2 is 1.97 bits per heavy atom. The fourth-order valence-corrected chi connectivity index (χ4v) is 4.44. The number of benzene rings is 2. The number of nitrogens with zero attached hydrogens (tertiary/aromatic N) is 3. The van der Waals surface area contributed by atoms with E-state index >= 15 is 0 Å². The van der Waals surface area contributed by atoms with Crippen LogP contribution in [0, 0.1) is 5.82 Å². The molecular weight excluding hydrogens is 403 g/mol. The highest BCUT2D eigenvalue weighted by Gasteiger charge is 2.27. The standard InChI is InChI=1S/C22H23FN4O2S/c1-29-18-10-6-16(7-11-18)19-3-2-12-27(19)14-20-25-26-22(30-20)21(28)24-13-15-4-8-17(23)9-5-15/h4-11,19H,2-3,12-14H2,1H3,(H,24,28). The van der Waals surface area contributed by atoms with Crippen molar-refractivity contribution in [3.63, 3.8) is 0 Å². The lowest BCUT2D eigenvalue weighted by atomic mass is 10.0. The molecule has 1 aliphatic heterocycles. The molecule has 2 aromatic carbocycles. The normalized spacial score (nSPS) is 16.5. The van der Waals surface area contributed by atoms with Crippen LogP contribution in [0.4, 0.5) is 4.39 Å². The Labute approximate surface area is 178 Å². The highest BCUT2D eigenvalue weighted by molar-refractivity contribution is 7.13. The second-order valence-corrected chi connectivity index (χ2v) is 8.27. The van der Waals surface area contributed by atoms with E-state index in [2.05, 4.69) is 32.5 Å². The van der Waals surface area contributed by atoms with Crippen molar-refractivity contribution in [1.29, 1.82) is 0 Å². The smallest absolute Gasteiger partial charge is 0.282 e. The predicted octanol–water partition coefficient (Wildman–Crippen LogP) is 3.95. The van der Waals surface area contributed by atoms with Crippen LogP contribution in [0.15, 0.2) is 48.5 Å². The minimum absolute atomic E-state index is 0.267. The summed E-state index contributed by atoms with van der Waals surface area (Å²) in [7, 11) is 1.67. The maximum absolute atomic E-state index is 13.0. The minimum Gasteiger partial charge on any atom is -0.497 e. The molecule has 1 fully saturated rings. The molecule has 156 valence electrons. The maximum Gasteiger partial charge on any atom is 0.282 e. The Kier molecular flexibility index (Phi) is 6.35. The number of aromatic nitrogens is 2. The zero-order valence-corrected chi connectivity index (χ0v) is 17.5. The fourth-order valence-electron chi connectivity index (χ4n) is 3.66. The summed E-state index contributed by atoms with van der Waals surface area (Å²) in [4.78, 5) is 14.8. The summed E-state index contributed by atoms with van der Waals surface area (Å²) in [6.07, 6.45) is 2.22. The van der Waals surface area contributed by atoms with E-state index in [1.807, 2.05) is 12.1 Å². The number of hydrogen-bond donors (Lipinski definition) is 1. The first-order valence-electron chi connectivity index (χ1n) is 9.85. The first-order valence-corrected chi connectivity index (χ1v) is 10.7. The van der Waals surface area contributed by atoms with Crippen molar-refractivity contribution in [3.8, 4) is 5.75 Å². The molecule has 1 saturated heterocycles. The second-order valence-electron chi connectivity index (χ2n) is 7.21. The number of amides is 1. The number of ether oxygens (including phenoxy) is 1. The number of halogens is 1. The number of hydrogen-bond acceptors (Lipinski definition) is 6. The van der Waals surface area contributed by atoms with Gasteiger partial charge in [-0.3, -0.25) is 9.69 Å². The van der Waals surface area contributed by atoms with Gasteiger partial charge in [-0.1, -0.05) is 35.6 Å². The number of likely N-dealkylation sites (tertiary alicyclic amines) is 1. The Hall–Kier alpha value is -2.84. The van der Waals surface area contributed by atoms with Gasteiger partial charge in [0.1, 0.15) is 16.6 Å². The molecule has 0 aliphatic carbocycles. The summed E-state index contributed by atoms with van der Waals surface area (Å²) in [5.74, 6) is 0.286. The van der Waals surface area contributed by atoms with Crippen LogP contribution in [0.1, 0.15) is 44.8 Å². The SMILES string of the molecule is COc1ccc(C2CCCN2Cc2nnc(C(=O)NCc3ccc(F)cc3)s2)cc1. The van der Waals surface area contributed by atoms with Crippen LogP contribution < -0.4 is 10.1 Å². The van der Waals surface area contributed by atoms with E-state index in [4.69, 9.17) is 4.74 Å². The Morgan fingerprint density at radius 1 is 1.20 bits per heavy atom. The lowest BCUT2D eigenvalue weighted by Crippen LogP contribution is -2.23. The van der Waals surface area contributed by atoms with Gasteiger partial charge in [0.25, 0.3) is 5.91 Å². The molecule has 30 heavy (non-hydrogen) atoms. The lowest BCUT2D eigenvalue weighted by Gasteiger charge is -2.23. The first-order chi connectivity index (χ1) is 14.6. The van der Waals surface area contributed by atoms with Gasteiger partial charge in [0.15, 0.2) is 0 Å². The van der Waals surface area contributed by atoms with Gasteiger partial charge < -0.3 is 10.1 Å². The monoisotopic (exact) mass is 426 g/mol. The van der Waals surface area contributed by atoms with E-state index in [9.17, 15) is 9.18 Å². The fraction of sp³-hybridized carbons (Fsp3) is 0.318. The van der Waals surface area contributed by atoms with Crippen LogP contribution in [-0.4, -0.2) is 34.7 Å². The van der Waals surface area contributed by atoms with Gasteiger partial charge >= 0.3 is 0 Å². The third kappa shape index (κ3) is 4.83. The van der Waals surface area contributed by atoms with Crippen LogP contribution in [0.3, 0.4) is 0 Å². The van der Waals surface area contributed by atoms with Crippen LogP contribution in [-0.2, 0) is 13.1 Å². The van der Waals surface area contributed by atoms with Gasteiger partial charge in [0, 0.05) is 12.6 Å². The van der Waals surface area contributed by atoms with Gasteiger partial charge in [-0.05, 0) is 54.8 Å². The number of carbonyl (C=O) groups is 1. The zero-order valence-electron chi connectivity index (χ0n) is 16.7. The number of methoxy groups -OCH3 is 1. The van der Waals surface area contributed by atoms with Crippen LogP contribution in [0.5, 0.6) is 5.75 Å². The van der Waals surface area contributed by atoms with Crippen molar-refractivity contribution in [2.45, 2.75) is 32.0 Å². The highest BCUT2D eigenvalue weighted by Crippen LogP contribution is 2.34. The molecule has 8 heteroatoms. The van der Waals surface area contributed by atoms with Crippen LogP contribution in [0.2, 0.25) is 0 Å². The van der Waals surface area contributed by atoms with E-state index in [1.165, 1.54) is 29.0 Å². The van der Waals surface area contributed by atoms with E-state index in [1.54, 1.807) is 19.2 Å². The van der Waals surface area contributed by atoms with Gasteiger partial charge in [0.05, 0.1) is 13.7 Å². The molecule has 1 aromatic heterocycles. The molecule has 0 saturated carbocycles. The van der Waals surface area contributed by atoms with Crippen molar-refractivity contribution in [2.75, 3.05) is 13.7 Å². The molecule has 0 radical (unpaired) electrons. The van der Waals surface area contributed by atoms with Crippen LogP contribution >= 0.6 is 11.3 Å². The Morgan fingerprint density at radius 3 is 2.70 bits per heavy atom. The van der Waals surface area contributed by atoms with Crippen molar-refractivity contribution in [3.05, 3.63) is 75.5 Å². The van der Waals surface area contributed by atoms with Crippen LogP contribution in [0.25, 0.3) is 0 Å². The van der Waals surface area contributed by atoms with Gasteiger partial charge in [-0.2, -0.15) is 0 Å². The quantitative estimate of drug-likeness (QED) is 0.620. The summed E-state index contributed by atoms with van der Waals surface area (Å²) >= 11 is 1.31. The second kappa shape index (κ2) is 9.32. The minimum atomic E-state index is -0.298. The number of carbonyl (C=O) groups excluding carboxylic acids is 1. The molecule has 1 atom stereocenters. The Bertz CT molecular complexity index is 991. The van der Waals surface area contributed by atoms with E-state index in [-0.39, 0.29) is 11.7 Å². The van der Waals surface area contributed by atoms with E-state index in [0.29, 0.717) is 24.1 Å². The van der Waals surface area contributed by atoms with E-state index in [0.717, 1.165) is 35.7 Å². The average Bonchev–Trinajstić information content (AvgIpc) is 3.43. The lowest BCUT2D eigenvalue weighted by molar-refractivity contribution is 0.0950. The molecule has 1 amide bonds. The topological polar surface area (TPSA) is 67.3 Å². The molecule has 4 rings (SSSR count). The first kappa shape index (κ1) is 20.4. The maximum atomic E-state index is 13.0. The number of nitrogens with one attached hydrogen (secondary N) is 1. The molecule has 2 heterocycles. The van der Waals surface area contributed by atoms with Crippen molar-refractivity contribution in [1.82, 2.24) is 20.4 Å². The third-order valence-electron chi connectivity index (χ3n) is 5.23. The average molecular weight is 427 g/mol. The summed E-state index contributed by atoms with van der Waals surface area (Å²) in [6, 6.07) is 14.6. The zero-order chi connectivity index (χ0) is 20.9. The third-order valence-corrected chi connectivity index (χ3v) is 6.14. The van der Waals surface area contributed by atoms with Crippen molar-refractivity contribution < 1.29 is 13.9 Å². The van der Waals surface area contributed by atoms with Crippen molar-refractivity contribution in [2.24, 2.45) is 0 Å². The summed E-state index contributed by atoms with van der Waals surface area (Å²) in [5.41, 5.74) is 2.09. The molecule has 1 aliphatic rings. The predicted molar refractivity (Wildman–Crippen MR) is 113 cm³/mol. The summed E-state index contributed by atoms with van der Waals surface area (Å²) < 4.78 is 18.2. The molecule has 0 spiro atoms.